The van der Waals surface area contributed by atoms with E-state index >= 15 is 0 Å². The summed E-state index contributed by atoms with van der Waals surface area (Å²) in [6.45, 7) is 2.61. The molecule has 2 rings (SSSR count). The van der Waals surface area contributed by atoms with Crippen LogP contribution in [0.3, 0.4) is 0 Å². The fourth-order valence-corrected chi connectivity index (χ4v) is 1.77. The summed E-state index contributed by atoms with van der Waals surface area (Å²) in [6, 6.07) is 8.94. The van der Waals surface area contributed by atoms with E-state index in [1.54, 1.807) is 13.0 Å². The second kappa shape index (κ2) is 6.67. The topological polar surface area (TPSA) is 103 Å². The second-order valence-electron chi connectivity index (χ2n) is 4.40. The Kier molecular flexibility index (Phi) is 4.68. The Morgan fingerprint density at radius 2 is 2.10 bits per heavy atom. The molecule has 0 fully saturated rings. The minimum atomic E-state index is -0.449. The third kappa shape index (κ3) is 3.90. The summed E-state index contributed by atoms with van der Waals surface area (Å²) in [7, 11) is 0. The molecule has 7 heteroatoms. The van der Waals surface area contributed by atoms with Gasteiger partial charge >= 0.3 is 0 Å². The smallest absolute Gasteiger partial charge is 0.290 e. The molecule has 0 aliphatic carbocycles. The van der Waals surface area contributed by atoms with Crippen molar-refractivity contribution in [3.8, 4) is 5.75 Å². The largest absolute Gasteiger partial charge is 0.492 e. The molecule has 2 aromatic rings. The van der Waals surface area contributed by atoms with Gasteiger partial charge in [-0.1, -0.05) is 0 Å². The monoisotopic (exact) mass is 288 g/mol. The standard InChI is InChI=1S/C14H16N4O3/c1-10-8-14(16-9-13(10)18(19)20)17-11-2-4-12(5-3-11)21-7-6-15/h2-5,8-9H,6-7,15H2,1H3,(H,16,17). The van der Waals surface area contributed by atoms with Gasteiger partial charge in [0.05, 0.1) is 4.92 Å². The predicted octanol–water partition coefficient (Wildman–Crippen LogP) is 2.38. The number of aromatic nitrogens is 1. The minimum absolute atomic E-state index is 0.00563. The molecule has 1 aromatic carbocycles. The molecule has 3 N–H and O–H groups in total. The van der Waals surface area contributed by atoms with Crippen molar-refractivity contribution in [2.24, 2.45) is 5.73 Å². The molecule has 0 aliphatic heterocycles. The zero-order chi connectivity index (χ0) is 15.2. The van der Waals surface area contributed by atoms with Crippen LogP contribution in [0.2, 0.25) is 0 Å². The molecule has 1 aromatic heterocycles. The number of hydrogen-bond donors (Lipinski definition) is 2. The van der Waals surface area contributed by atoms with E-state index in [9.17, 15) is 10.1 Å². The average Bonchev–Trinajstić information content (AvgIpc) is 2.46. The van der Waals surface area contributed by atoms with Gasteiger partial charge in [0.25, 0.3) is 5.69 Å². The summed E-state index contributed by atoms with van der Waals surface area (Å²) < 4.78 is 5.38. The zero-order valence-corrected chi connectivity index (χ0v) is 11.6. The Hall–Kier alpha value is -2.67. The van der Waals surface area contributed by atoms with E-state index in [0.29, 0.717) is 24.5 Å². The maximum absolute atomic E-state index is 10.7. The van der Waals surface area contributed by atoms with Gasteiger partial charge in [-0.3, -0.25) is 10.1 Å². The van der Waals surface area contributed by atoms with E-state index < -0.39 is 4.92 Å². The molecule has 0 spiro atoms. The van der Waals surface area contributed by atoms with Gasteiger partial charge in [-0.25, -0.2) is 4.98 Å². The van der Waals surface area contributed by atoms with Crippen molar-refractivity contribution >= 4 is 17.2 Å². The molecule has 21 heavy (non-hydrogen) atoms. The maximum atomic E-state index is 10.7. The number of nitrogens with two attached hydrogens (primary N) is 1. The summed E-state index contributed by atoms with van der Waals surface area (Å²) in [5.41, 5.74) is 6.74. The number of pyridine rings is 1. The number of hydrogen-bond acceptors (Lipinski definition) is 6. The molecule has 0 unspecified atom stereocenters. The van der Waals surface area contributed by atoms with Crippen LogP contribution in [-0.2, 0) is 0 Å². The van der Waals surface area contributed by atoms with Gasteiger partial charge in [-0.2, -0.15) is 0 Å². The number of rotatable bonds is 6. The van der Waals surface area contributed by atoms with Crippen LogP contribution in [0.15, 0.2) is 36.5 Å². The number of aryl methyl sites for hydroxylation is 1. The number of benzene rings is 1. The van der Waals surface area contributed by atoms with Gasteiger partial charge in [-0.05, 0) is 37.3 Å². The Bertz CT molecular complexity index is 629. The third-order valence-corrected chi connectivity index (χ3v) is 2.79. The van der Waals surface area contributed by atoms with E-state index in [1.165, 1.54) is 6.20 Å². The van der Waals surface area contributed by atoms with Crippen molar-refractivity contribution in [1.29, 1.82) is 0 Å². The molecule has 0 aliphatic rings. The second-order valence-corrected chi connectivity index (χ2v) is 4.40. The minimum Gasteiger partial charge on any atom is -0.492 e. The normalized spacial score (nSPS) is 10.2. The molecule has 0 amide bonds. The fraction of sp³-hybridized carbons (Fsp3) is 0.214. The molecular weight excluding hydrogens is 272 g/mol. The van der Waals surface area contributed by atoms with E-state index in [4.69, 9.17) is 10.5 Å². The first-order chi connectivity index (χ1) is 10.1. The highest BCUT2D eigenvalue weighted by Crippen LogP contribution is 2.23. The van der Waals surface area contributed by atoms with Crippen LogP contribution in [0.1, 0.15) is 5.56 Å². The SMILES string of the molecule is Cc1cc(Nc2ccc(OCCN)cc2)ncc1[N+](=O)[O-]. The fourth-order valence-electron chi connectivity index (χ4n) is 1.77. The molecular formula is C14H16N4O3. The van der Waals surface area contributed by atoms with Crippen LogP contribution in [-0.4, -0.2) is 23.1 Å². The predicted molar refractivity (Wildman–Crippen MR) is 79.9 cm³/mol. The van der Waals surface area contributed by atoms with Gasteiger partial charge in [0, 0.05) is 17.8 Å². The summed E-state index contributed by atoms with van der Waals surface area (Å²) in [6.07, 6.45) is 1.25. The number of anilines is 2. The average molecular weight is 288 g/mol. The van der Waals surface area contributed by atoms with Gasteiger partial charge in [0.1, 0.15) is 24.4 Å². The van der Waals surface area contributed by atoms with E-state index in [2.05, 4.69) is 10.3 Å². The first kappa shape index (κ1) is 14.7. The quantitative estimate of drug-likeness (QED) is 0.624. The van der Waals surface area contributed by atoms with Crippen LogP contribution < -0.4 is 15.8 Å². The van der Waals surface area contributed by atoms with Crippen molar-refractivity contribution in [2.45, 2.75) is 6.92 Å². The third-order valence-electron chi connectivity index (χ3n) is 2.79. The lowest BCUT2D eigenvalue weighted by Gasteiger charge is -2.08. The van der Waals surface area contributed by atoms with Gasteiger partial charge in [0.2, 0.25) is 0 Å². The van der Waals surface area contributed by atoms with Crippen LogP contribution >= 0.6 is 0 Å². The summed E-state index contributed by atoms with van der Waals surface area (Å²) in [4.78, 5) is 14.3. The lowest BCUT2D eigenvalue weighted by Crippen LogP contribution is -2.10. The molecule has 0 atom stereocenters. The first-order valence-corrected chi connectivity index (χ1v) is 6.41. The van der Waals surface area contributed by atoms with Crippen LogP contribution in [0.4, 0.5) is 17.2 Å². The van der Waals surface area contributed by atoms with E-state index in [1.807, 2.05) is 24.3 Å². The van der Waals surface area contributed by atoms with Gasteiger partial charge < -0.3 is 15.8 Å². The molecule has 0 saturated heterocycles. The lowest BCUT2D eigenvalue weighted by molar-refractivity contribution is -0.385. The van der Waals surface area contributed by atoms with Crippen LogP contribution in [0.25, 0.3) is 0 Å². The molecule has 0 bridgehead atoms. The van der Waals surface area contributed by atoms with Crippen molar-refractivity contribution in [1.82, 2.24) is 4.98 Å². The molecule has 7 nitrogen and oxygen atoms in total. The summed E-state index contributed by atoms with van der Waals surface area (Å²) in [5, 5.41) is 13.8. The maximum Gasteiger partial charge on any atom is 0.290 e. The highest BCUT2D eigenvalue weighted by Gasteiger charge is 2.11. The van der Waals surface area contributed by atoms with Crippen LogP contribution in [0.5, 0.6) is 5.75 Å². The van der Waals surface area contributed by atoms with Crippen molar-refractivity contribution in [3.63, 3.8) is 0 Å². The van der Waals surface area contributed by atoms with E-state index in [-0.39, 0.29) is 5.69 Å². The van der Waals surface area contributed by atoms with Gasteiger partial charge in [0.15, 0.2) is 0 Å². The van der Waals surface area contributed by atoms with Crippen LogP contribution in [0, 0.1) is 17.0 Å². The molecule has 0 radical (unpaired) electrons. The number of ether oxygens (including phenoxy) is 1. The Balaban J connectivity index is 2.07. The number of nitrogens with zero attached hydrogens (tertiary/aromatic N) is 2. The van der Waals surface area contributed by atoms with Crippen molar-refractivity contribution in [3.05, 3.63) is 52.2 Å². The highest BCUT2D eigenvalue weighted by molar-refractivity contribution is 5.59. The first-order valence-electron chi connectivity index (χ1n) is 6.41. The molecule has 110 valence electrons. The molecule has 0 saturated carbocycles. The number of nitro groups is 1. The van der Waals surface area contributed by atoms with E-state index in [0.717, 1.165) is 11.4 Å². The molecule has 1 heterocycles. The Labute approximate surface area is 121 Å². The zero-order valence-electron chi connectivity index (χ0n) is 11.6. The van der Waals surface area contributed by atoms with Crippen molar-refractivity contribution in [2.75, 3.05) is 18.5 Å². The Morgan fingerprint density at radius 1 is 1.38 bits per heavy atom. The summed E-state index contributed by atoms with van der Waals surface area (Å²) in [5.74, 6) is 1.28. The highest BCUT2D eigenvalue weighted by atomic mass is 16.6. The summed E-state index contributed by atoms with van der Waals surface area (Å²) >= 11 is 0. The van der Waals surface area contributed by atoms with Gasteiger partial charge in [-0.15, -0.1) is 0 Å². The lowest BCUT2D eigenvalue weighted by atomic mass is 10.2. The van der Waals surface area contributed by atoms with Crippen molar-refractivity contribution < 1.29 is 9.66 Å². The Morgan fingerprint density at radius 3 is 2.67 bits per heavy atom. The number of nitrogens with one attached hydrogen (secondary N) is 1.